The molecule has 2 N–H and O–H groups in total. The van der Waals surface area contributed by atoms with Crippen molar-refractivity contribution >= 4 is 21.7 Å². The quantitative estimate of drug-likeness (QED) is 0.716. The first-order chi connectivity index (χ1) is 13.9. The normalized spacial score (nSPS) is 16.2. The van der Waals surface area contributed by atoms with Gasteiger partial charge in [0.05, 0.1) is 29.8 Å². The maximum Gasteiger partial charge on any atom is 0.223 e. The molecule has 9 heteroatoms. The Morgan fingerprint density at radius 2 is 1.83 bits per heavy atom. The fourth-order valence-electron chi connectivity index (χ4n) is 3.30. The Morgan fingerprint density at radius 1 is 1.21 bits per heavy atom. The number of aromatic nitrogens is 2. The van der Waals surface area contributed by atoms with Gasteiger partial charge in [-0.3, -0.25) is 0 Å². The van der Waals surface area contributed by atoms with Crippen LogP contribution < -0.4 is 14.9 Å². The molecule has 1 aromatic carbocycles. The molecule has 1 fully saturated rings. The first kappa shape index (κ1) is 21.0. The van der Waals surface area contributed by atoms with Gasteiger partial charge in [0.25, 0.3) is 0 Å². The molecule has 0 amide bonds. The smallest absolute Gasteiger partial charge is 0.223 e. The van der Waals surface area contributed by atoms with Crippen molar-refractivity contribution in [3.8, 4) is 6.07 Å². The van der Waals surface area contributed by atoms with Crippen molar-refractivity contribution in [2.75, 3.05) is 29.1 Å². The van der Waals surface area contributed by atoms with Crippen LogP contribution in [-0.4, -0.2) is 43.3 Å². The zero-order valence-corrected chi connectivity index (χ0v) is 17.5. The molecule has 154 valence electrons. The standard InChI is InChI=1S/C20H26N6O2S/c1-3-29(27,28)25-18-8-10-26(11-9-18)19-6-4-17(5-7-19)15(2)24-20-22-13-16(12-21)14-23-20/h4-7,13-15,18,25H,3,8-11H2,1-2H3,(H,22,23,24)/t15-/m0/s1. The maximum absolute atomic E-state index is 11.7. The van der Waals surface area contributed by atoms with Gasteiger partial charge in [0, 0.05) is 24.8 Å². The third-order valence-electron chi connectivity index (χ3n) is 5.11. The second-order valence-electron chi connectivity index (χ2n) is 7.15. The van der Waals surface area contributed by atoms with Crippen LogP contribution in [-0.2, 0) is 10.0 Å². The number of hydrogen-bond donors (Lipinski definition) is 2. The Kier molecular flexibility index (Phi) is 6.67. The molecule has 29 heavy (non-hydrogen) atoms. The van der Waals surface area contributed by atoms with Gasteiger partial charge in [-0.05, 0) is 44.4 Å². The van der Waals surface area contributed by atoms with E-state index in [9.17, 15) is 8.42 Å². The molecule has 3 rings (SSSR count). The van der Waals surface area contributed by atoms with E-state index >= 15 is 0 Å². The molecular weight excluding hydrogens is 388 g/mol. The van der Waals surface area contributed by atoms with Gasteiger partial charge in [-0.25, -0.2) is 23.1 Å². The second-order valence-corrected chi connectivity index (χ2v) is 9.19. The Labute approximate surface area is 172 Å². The maximum atomic E-state index is 11.7. The molecule has 0 aliphatic carbocycles. The lowest BCUT2D eigenvalue weighted by atomic mass is 10.0. The lowest BCUT2D eigenvalue weighted by molar-refractivity contribution is 0.460. The molecule has 1 aromatic heterocycles. The average molecular weight is 415 g/mol. The number of nitrogens with one attached hydrogen (secondary N) is 2. The Bertz CT molecular complexity index is 946. The van der Waals surface area contributed by atoms with E-state index in [1.165, 1.54) is 12.4 Å². The Balaban J connectivity index is 1.55. The third kappa shape index (κ3) is 5.65. The SMILES string of the molecule is CCS(=O)(=O)NC1CCN(c2ccc([C@H](C)Nc3ncc(C#N)cn3)cc2)CC1. The number of benzene rings is 1. The highest BCUT2D eigenvalue weighted by Crippen LogP contribution is 2.24. The van der Waals surface area contributed by atoms with E-state index < -0.39 is 10.0 Å². The third-order valence-corrected chi connectivity index (χ3v) is 6.56. The number of rotatable bonds is 7. The van der Waals surface area contributed by atoms with E-state index in [0.29, 0.717) is 11.5 Å². The van der Waals surface area contributed by atoms with Gasteiger partial charge in [0.15, 0.2) is 0 Å². The van der Waals surface area contributed by atoms with E-state index in [1.54, 1.807) is 6.92 Å². The summed E-state index contributed by atoms with van der Waals surface area (Å²) in [4.78, 5) is 10.6. The molecular formula is C20H26N6O2S. The molecule has 0 radical (unpaired) electrons. The molecule has 0 unspecified atom stereocenters. The monoisotopic (exact) mass is 414 g/mol. The molecule has 8 nitrogen and oxygen atoms in total. The summed E-state index contributed by atoms with van der Waals surface area (Å²) in [5, 5.41) is 12.0. The fourth-order valence-corrected chi connectivity index (χ4v) is 4.21. The molecule has 0 bridgehead atoms. The predicted molar refractivity (Wildman–Crippen MR) is 113 cm³/mol. The minimum atomic E-state index is -3.15. The van der Waals surface area contributed by atoms with E-state index in [0.717, 1.165) is 37.2 Å². The first-order valence-corrected chi connectivity index (χ1v) is 11.4. The van der Waals surface area contributed by atoms with Crippen molar-refractivity contribution in [3.05, 3.63) is 47.8 Å². The summed E-state index contributed by atoms with van der Waals surface area (Å²) < 4.78 is 26.2. The Morgan fingerprint density at radius 3 is 2.38 bits per heavy atom. The van der Waals surface area contributed by atoms with Crippen molar-refractivity contribution in [2.24, 2.45) is 0 Å². The zero-order valence-electron chi connectivity index (χ0n) is 16.7. The molecule has 2 heterocycles. The highest BCUT2D eigenvalue weighted by molar-refractivity contribution is 7.89. The summed E-state index contributed by atoms with van der Waals surface area (Å²) in [6.07, 6.45) is 4.59. The van der Waals surface area contributed by atoms with Crippen LogP contribution in [0, 0.1) is 11.3 Å². The fraction of sp³-hybridized carbons (Fsp3) is 0.450. The van der Waals surface area contributed by atoms with Gasteiger partial charge >= 0.3 is 0 Å². The largest absolute Gasteiger partial charge is 0.371 e. The van der Waals surface area contributed by atoms with Crippen LogP contribution in [0.1, 0.15) is 43.9 Å². The number of nitrogens with zero attached hydrogens (tertiary/aromatic N) is 4. The van der Waals surface area contributed by atoms with Crippen molar-refractivity contribution in [3.63, 3.8) is 0 Å². The minimum absolute atomic E-state index is 0.0196. The minimum Gasteiger partial charge on any atom is -0.371 e. The van der Waals surface area contributed by atoms with Crippen LogP contribution in [0.5, 0.6) is 0 Å². The van der Waals surface area contributed by atoms with Crippen molar-refractivity contribution in [1.29, 1.82) is 5.26 Å². The van der Waals surface area contributed by atoms with Gasteiger partial charge in [-0.2, -0.15) is 5.26 Å². The van der Waals surface area contributed by atoms with Crippen molar-refractivity contribution < 1.29 is 8.42 Å². The second kappa shape index (κ2) is 9.20. The zero-order chi connectivity index (χ0) is 20.9. The number of sulfonamides is 1. The van der Waals surface area contributed by atoms with Crippen LogP contribution in [0.2, 0.25) is 0 Å². The van der Waals surface area contributed by atoms with Crippen LogP contribution >= 0.6 is 0 Å². The summed E-state index contributed by atoms with van der Waals surface area (Å²) >= 11 is 0. The van der Waals surface area contributed by atoms with Gasteiger partial charge in [-0.15, -0.1) is 0 Å². The Hall–Kier alpha value is -2.70. The van der Waals surface area contributed by atoms with Gasteiger partial charge in [0.1, 0.15) is 6.07 Å². The van der Waals surface area contributed by atoms with E-state index in [2.05, 4.69) is 49.2 Å². The molecule has 2 aromatic rings. The van der Waals surface area contributed by atoms with E-state index in [4.69, 9.17) is 5.26 Å². The summed E-state index contributed by atoms with van der Waals surface area (Å²) in [7, 11) is -3.15. The molecule has 1 atom stereocenters. The molecule has 0 spiro atoms. The first-order valence-electron chi connectivity index (χ1n) is 9.74. The summed E-state index contributed by atoms with van der Waals surface area (Å²) in [6.45, 7) is 5.33. The van der Waals surface area contributed by atoms with Crippen LogP contribution in [0.15, 0.2) is 36.7 Å². The topological polar surface area (TPSA) is 111 Å². The number of hydrogen-bond acceptors (Lipinski definition) is 7. The summed E-state index contributed by atoms with van der Waals surface area (Å²) in [5.41, 5.74) is 2.67. The van der Waals surface area contributed by atoms with E-state index in [-0.39, 0.29) is 17.8 Å². The summed E-state index contributed by atoms with van der Waals surface area (Å²) in [6, 6.07) is 10.4. The average Bonchev–Trinajstić information content (AvgIpc) is 2.75. The molecule has 0 saturated carbocycles. The van der Waals surface area contributed by atoms with Crippen LogP contribution in [0.3, 0.4) is 0 Å². The van der Waals surface area contributed by atoms with Gasteiger partial charge in [-0.1, -0.05) is 12.1 Å². The molecule has 1 saturated heterocycles. The number of piperidine rings is 1. The van der Waals surface area contributed by atoms with Crippen molar-refractivity contribution in [2.45, 2.75) is 38.8 Å². The molecule has 1 aliphatic rings. The van der Waals surface area contributed by atoms with Crippen LogP contribution in [0.4, 0.5) is 11.6 Å². The predicted octanol–water partition coefficient (Wildman–Crippen LogP) is 2.43. The van der Waals surface area contributed by atoms with Gasteiger partial charge in [0.2, 0.25) is 16.0 Å². The lowest BCUT2D eigenvalue weighted by Crippen LogP contribution is -2.45. The van der Waals surface area contributed by atoms with Crippen LogP contribution in [0.25, 0.3) is 0 Å². The van der Waals surface area contributed by atoms with Gasteiger partial charge < -0.3 is 10.2 Å². The number of anilines is 2. The van der Waals surface area contributed by atoms with Crippen molar-refractivity contribution in [1.82, 2.24) is 14.7 Å². The summed E-state index contributed by atoms with van der Waals surface area (Å²) in [5.74, 6) is 0.603. The highest BCUT2D eigenvalue weighted by Gasteiger charge is 2.23. The highest BCUT2D eigenvalue weighted by atomic mass is 32.2. The molecule has 1 aliphatic heterocycles. The number of nitriles is 1. The lowest BCUT2D eigenvalue weighted by Gasteiger charge is -2.34. The van der Waals surface area contributed by atoms with E-state index in [1.807, 2.05) is 13.0 Å².